The van der Waals surface area contributed by atoms with Crippen molar-refractivity contribution in [2.45, 2.75) is 33.4 Å². The Morgan fingerprint density at radius 2 is 1.76 bits per heavy atom. The van der Waals surface area contributed by atoms with Gasteiger partial charge in [-0.15, -0.1) is 0 Å². The third kappa shape index (κ3) is 6.30. The molecule has 0 aromatic heterocycles. The van der Waals surface area contributed by atoms with Gasteiger partial charge in [0.25, 0.3) is 0 Å². The van der Waals surface area contributed by atoms with Crippen LogP contribution in [0.25, 0.3) is 0 Å². The number of aryl methyl sites for hydroxylation is 1. The van der Waals surface area contributed by atoms with Crippen molar-refractivity contribution in [3.63, 3.8) is 0 Å². The lowest BCUT2D eigenvalue weighted by molar-refractivity contribution is 0.174. The van der Waals surface area contributed by atoms with Crippen molar-refractivity contribution < 1.29 is 9.50 Å². The van der Waals surface area contributed by atoms with Gasteiger partial charge in [-0.2, -0.15) is 5.26 Å². The molecule has 0 fully saturated rings. The summed E-state index contributed by atoms with van der Waals surface area (Å²) in [6.45, 7) is 6.42. The Kier molecular flexibility index (Phi) is 8.88. The number of nitrogens with one attached hydrogen (secondary N) is 1. The van der Waals surface area contributed by atoms with Crippen LogP contribution >= 0.6 is 23.2 Å². The highest BCUT2D eigenvalue weighted by molar-refractivity contribution is 6.36. The third-order valence-corrected chi connectivity index (χ3v) is 3.94. The minimum atomic E-state index is -0.933. The predicted molar refractivity (Wildman–Crippen MR) is 100 cm³/mol. The second-order valence-corrected chi connectivity index (χ2v) is 6.06. The van der Waals surface area contributed by atoms with Gasteiger partial charge in [0.15, 0.2) is 0 Å². The van der Waals surface area contributed by atoms with E-state index in [1.807, 2.05) is 32.9 Å². The number of hydrogen-bond donors (Lipinski definition) is 2. The minimum absolute atomic E-state index is 0.195. The van der Waals surface area contributed by atoms with Crippen molar-refractivity contribution in [1.82, 2.24) is 5.32 Å². The number of benzene rings is 2. The van der Waals surface area contributed by atoms with Gasteiger partial charge in [0.05, 0.1) is 17.7 Å². The monoisotopic (exact) mass is 382 g/mol. The second kappa shape index (κ2) is 10.4. The number of nitriles is 1. The Morgan fingerprint density at radius 3 is 2.28 bits per heavy atom. The number of nitrogens with zero attached hydrogens (tertiary/aromatic N) is 1. The Balaban J connectivity index is 0.00000151. The molecule has 0 aliphatic rings. The molecule has 0 aliphatic carbocycles. The van der Waals surface area contributed by atoms with Gasteiger partial charge in [0.2, 0.25) is 0 Å². The van der Waals surface area contributed by atoms with E-state index in [2.05, 4.69) is 5.32 Å². The molecule has 3 nitrogen and oxygen atoms in total. The maximum Gasteiger partial charge on any atom is 0.123 e. The van der Waals surface area contributed by atoms with E-state index in [0.717, 1.165) is 11.1 Å². The maximum absolute atomic E-state index is 13.3. The molecule has 2 aromatic carbocycles. The third-order valence-electron chi connectivity index (χ3n) is 3.31. The Morgan fingerprint density at radius 1 is 1.16 bits per heavy atom. The summed E-state index contributed by atoms with van der Waals surface area (Å²) in [6, 6.07) is 9.63. The number of halogens is 3. The highest BCUT2D eigenvalue weighted by Gasteiger charge is 2.16. The first-order valence-corrected chi connectivity index (χ1v) is 8.70. The lowest BCUT2D eigenvalue weighted by Crippen LogP contribution is -2.21. The minimum Gasteiger partial charge on any atom is -0.387 e. The van der Waals surface area contributed by atoms with Crippen molar-refractivity contribution in [1.29, 1.82) is 5.26 Å². The summed E-state index contributed by atoms with van der Waals surface area (Å²) >= 11 is 12.1. The molecule has 134 valence electrons. The van der Waals surface area contributed by atoms with Gasteiger partial charge in [0.1, 0.15) is 5.82 Å². The molecule has 2 rings (SSSR count). The van der Waals surface area contributed by atoms with Crippen LogP contribution in [0.1, 0.15) is 42.2 Å². The van der Waals surface area contributed by atoms with Crippen LogP contribution < -0.4 is 5.32 Å². The standard InChI is InChI=1S/C17H15Cl2FN2O.C2H6/c1-10-2-12(4-13(20)3-10)8-22-9-16(23)17-14(18)5-11(7-21)6-15(17)19;1-2/h2-6,16,22-23H,8-9H2,1H3;1-2H3. The summed E-state index contributed by atoms with van der Waals surface area (Å²) in [4.78, 5) is 0. The molecular weight excluding hydrogens is 362 g/mol. The lowest BCUT2D eigenvalue weighted by Gasteiger charge is -2.16. The SMILES string of the molecule is CC.Cc1cc(F)cc(CNCC(O)c2c(Cl)cc(C#N)cc2Cl)c1. The zero-order chi connectivity index (χ0) is 19.0. The Labute approximate surface area is 158 Å². The molecule has 0 saturated carbocycles. The smallest absolute Gasteiger partial charge is 0.123 e. The van der Waals surface area contributed by atoms with Crippen LogP contribution in [-0.4, -0.2) is 11.7 Å². The topological polar surface area (TPSA) is 56.0 Å². The fourth-order valence-corrected chi connectivity index (χ4v) is 3.08. The summed E-state index contributed by atoms with van der Waals surface area (Å²) in [6.07, 6.45) is -0.933. The molecule has 0 amide bonds. The molecule has 25 heavy (non-hydrogen) atoms. The van der Waals surface area contributed by atoms with Gasteiger partial charge in [-0.3, -0.25) is 0 Å². The van der Waals surface area contributed by atoms with Crippen molar-refractivity contribution in [3.8, 4) is 6.07 Å². The highest BCUT2D eigenvalue weighted by Crippen LogP contribution is 2.31. The van der Waals surface area contributed by atoms with Gasteiger partial charge >= 0.3 is 0 Å². The zero-order valence-corrected chi connectivity index (χ0v) is 15.9. The summed E-state index contributed by atoms with van der Waals surface area (Å²) in [5.74, 6) is -0.291. The highest BCUT2D eigenvalue weighted by atomic mass is 35.5. The number of rotatable bonds is 5. The summed E-state index contributed by atoms with van der Waals surface area (Å²) in [5.41, 5.74) is 2.32. The average Bonchev–Trinajstić information content (AvgIpc) is 2.55. The van der Waals surface area contributed by atoms with Gasteiger partial charge in [-0.1, -0.05) is 43.1 Å². The first-order valence-electron chi connectivity index (χ1n) is 7.94. The average molecular weight is 383 g/mol. The normalized spacial score (nSPS) is 11.3. The molecule has 0 spiro atoms. The summed E-state index contributed by atoms with van der Waals surface area (Å²) in [5, 5.41) is 22.6. The van der Waals surface area contributed by atoms with Crippen LogP contribution in [0.15, 0.2) is 30.3 Å². The lowest BCUT2D eigenvalue weighted by atomic mass is 10.1. The van der Waals surface area contributed by atoms with E-state index in [-0.39, 0.29) is 22.4 Å². The first-order chi connectivity index (χ1) is 11.9. The fraction of sp³-hybridized carbons (Fsp3) is 0.316. The van der Waals surface area contributed by atoms with Gasteiger partial charge in [0, 0.05) is 28.7 Å². The molecule has 1 unspecified atom stereocenters. The van der Waals surface area contributed by atoms with Crippen LogP contribution in [0.3, 0.4) is 0 Å². The van der Waals surface area contributed by atoms with Crippen LogP contribution in [0.4, 0.5) is 4.39 Å². The molecule has 0 saturated heterocycles. The largest absolute Gasteiger partial charge is 0.387 e. The molecule has 2 N–H and O–H groups in total. The Hall–Kier alpha value is -1.64. The van der Waals surface area contributed by atoms with Gasteiger partial charge < -0.3 is 10.4 Å². The molecule has 0 bridgehead atoms. The number of hydrogen-bond acceptors (Lipinski definition) is 3. The molecule has 6 heteroatoms. The predicted octanol–water partition coefficient (Wildman–Crippen LogP) is 5.16. The van der Waals surface area contributed by atoms with Crippen LogP contribution in [0.2, 0.25) is 10.0 Å². The van der Waals surface area contributed by atoms with Gasteiger partial charge in [-0.25, -0.2) is 4.39 Å². The molecule has 0 radical (unpaired) electrons. The quantitative estimate of drug-likeness (QED) is 0.750. The molecule has 0 aliphatic heterocycles. The van der Waals surface area contributed by atoms with Crippen molar-refractivity contribution in [3.05, 3.63) is 68.4 Å². The van der Waals surface area contributed by atoms with E-state index in [4.69, 9.17) is 28.5 Å². The molecule has 2 aromatic rings. The van der Waals surface area contributed by atoms with E-state index in [9.17, 15) is 9.50 Å². The van der Waals surface area contributed by atoms with E-state index in [1.165, 1.54) is 24.3 Å². The summed E-state index contributed by atoms with van der Waals surface area (Å²) < 4.78 is 13.3. The Bertz CT molecular complexity index is 716. The van der Waals surface area contributed by atoms with E-state index >= 15 is 0 Å². The number of aliphatic hydroxyl groups excluding tert-OH is 1. The van der Waals surface area contributed by atoms with Crippen LogP contribution in [0, 0.1) is 24.1 Å². The molecule has 0 heterocycles. The van der Waals surface area contributed by atoms with Gasteiger partial charge in [-0.05, 0) is 42.3 Å². The maximum atomic E-state index is 13.3. The van der Waals surface area contributed by atoms with Crippen molar-refractivity contribution in [2.75, 3.05) is 6.54 Å². The van der Waals surface area contributed by atoms with Crippen molar-refractivity contribution >= 4 is 23.2 Å². The fourth-order valence-electron chi connectivity index (χ4n) is 2.34. The molecule has 1 atom stereocenters. The number of aliphatic hydroxyl groups is 1. The van der Waals surface area contributed by atoms with E-state index in [1.54, 1.807) is 0 Å². The van der Waals surface area contributed by atoms with E-state index < -0.39 is 6.10 Å². The summed E-state index contributed by atoms with van der Waals surface area (Å²) in [7, 11) is 0. The van der Waals surface area contributed by atoms with Crippen LogP contribution in [-0.2, 0) is 6.54 Å². The van der Waals surface area contributed by atoms with E-state index in [0.29, 0.717) is 17.7 Å². The first kappa shape index (κ1) is 21.4. The van der Waals surface area contributed by atoms with Crippen LogP contribution in [0.5, 0.6) is 0 Å². The zero-order valence-electron chi connectivity index (χ0n) is 14.4. The molecular formula is C19H21Cl2FN2O. The second-order valence-electron chi connectivity index (χ2n) is 5.25. The van der Waals surface area contributed by atoms with Crippen molar-refractivity contribution in [2.24, 2.45) is 0 Å².